The molecule has 1 rings (SSSR count). The van der Waals surface area contributed by atoms with Crippen LogP contribution in [-0.4, -0.2) is 11.7 Å². The van der Waals surface area contributed by atoms with Gasteiger partial charge in [-0.1, -0.05) is 12.0 Å². The molecule has 0 aliphatic carbocycles. The zero-order valence-corrected chi connectivity index (χ0v) is 9.82. The SMILES string of the molecule is C#Cc1cccc(NC(=O)CCCC(C)=O)c1. The van der Waals surface area contributed by atoms with Crippen LogP contribution in [0, 0.1) is 12.3 Å². The molecular formula is C14H15NO2. The lowest BCUT2D eigenvalue weighted by atomic mass is 10.1. The van der Waals surface area contributed by atoms with Gasteiger partial charge in [-0.15, -0.1) is 6.42 Å². The average molecular weight is 229 g/mol. The van der Waals surface area contributed by atoms with E-state index in [1.807, 2.05) is 0 Å². The second kappa shape index (κ2) is 6.49. The molecule has 0 atom stereocenters. The highest BCUT2D eigenvalue weighted by molar-refractivity contribution is 5.91. The van der Waals surface area contributed by atoms with E-state index >= 15 is 0 Å². The van der Waals surface area contributed by atoms with Crippen LogP contribution in [0.2, 0.25) is 0 Å². The van der Waals surface area contributed by atoms with E-state index in [-0.39, 0.29) is 11.7 Å². The molecule has 0 spiro atoms. The van der Waals surface area contributed by atoms with Crippen LogP contribution < -0.4 is 5.32 Å². The van der Waals surface area contributed by atoms with E-state index in [2.05, 4.69) is 11.2 Å². The highest BCUT2D eigenvalue weighted by Crippen LogP contribution is 2.10. The van der Waals surface area contributed by atoms with Crippen LogP contribution in [0.25, 0.3) is 0 Å². The summed E-state index contributed by atoms with van der Waals surface area (Å²) in [7, 11) is 0. The highest BCUT2D eigenvalue weighted by atomic mass is 16.1. The zero-order chi connectivity index (χ0) is 12.7. The molecule has 0 heterocycles. The van der Waals surface area contributed by atoms with Crippen molar-refractivity contribution in [2.75, 3.05) is 5.32 Å². The number of carbonyl (C=O) groups excluding carboxylic acids is 2. The van der Waals surface area contributed by atoms with Crippen molar-refractivity contribution in [3.8, 4) is 12.3 Å². The molecule has 1 aromatic rings. The van der Waals surface area contributed by atoms with Gasteiger partial charge in [0, 0.05) is 24.1 Å². The van der Waals surface area contributed by atoms with Gasteiger partial charge in [0.2, 0.25) is 5.91 Å². The van der Waals surface area contributed by atoms with Crippen LogP contribution in [-0.2, 0) is 9.59 Å². The monoisotopic (exact) mass is 229 g/mol. The van der Waals surface area contributed by atoms with Crippen molar-refractivity contribution in [3.05, 3.63) is 29.8 Å². The normalized spacial score (nSPS) is 9.41. The highest BCUT2D eigenvalue weighted by Gasteiger charge is 2.03. The Kier molecular flexibility index (Phi) is 4.96. The second-order valence-electron chi connectivity index (χ2n) is 3.83. The van der Waals surface area contributed by atoms with E-state index in [4.69, 9.17) is 6.42 Å². The van der Waals surface area contributed by atoms with Gasteiger partial charge in [-0.25, -0.2) is 0 Å². The van der Waals surface area contributed by atoms with Gasteiger partial charge >= 0.3 is 0 Å². The van der Waals surface area contributed by atoms with Gasteiger partial charge in [-0.05, 0) is 31.5 Å². The number of carbonyl (C=O) groups is 2. The summed E-state index contributed by atoms with van der Waals surface area (Å²) in [4.78, 5) is 22.2. The fourth-order valence-corrected chi connectivity index (χ4v) is 1.41. The number of benzene rings is 1. The van der Waals surface area contributed by atoms with E-state index in [1.165, 1.54) is 6.92 Å². The molecule has 1 aromatic carbocycles. The number of hydrogen-bond donors (Lipinski definition) is 1. The lowest BCUT2D eigenvalue weighted by Gasteiger charge is -2.04. The predicted octanol–water partition coefficient (Wildman–Crippen LogP) is 2.37. The molecule has 1 amide bonds. The smallest absolute Gasteiger partial charge is 0.224 e. The number of hydrogen-bond acceptors (Lipinski definition) is 2. The van der Waals surface area contributed by atoms with Crippen LogP contribution in [0.1, 0.15) is 31.7 Å². The summed E-state index contributed by atoms with van der Waals surface area (Å²) < 4.78 is 0. The van der Waals surface area contributed by atoms with Crippen molar-refractivity contribution in [3.63, 3.8) is 0 Å². The first-order valence-corrected chi connectivity index (χ1v) is 5.48. The van der Waals surface area contributed by atoms with Crippen LogP contribution in [0.4, 0.5) is 5.69 Å². The summed E-state index contributed by atoms with van der Waals surface area (Å²) in [6.07, 6.45) is 6.63. The minimum atomic E-state index is -0.0968. The Hall–Kier alpha value is -2.08. The van der Waals surface area contributed by atoms with Crippen molar-refractivity contribution >= 4 is 17.4 Å². The van der Waals surface area contributed by atoms with E-state index in [0.717, 1.165) is 5.56 Å². The fourth-order valence-electron chi connectivity index (χ4n) is 1.41. The molecule has 0 aliphatic heterocycles. The summed E-state index contributed by atoms with van der Waals surface area (Å²) in [6.45, 7) is 1.52. The van der Waals surface area contributed by atoms with Crippen LogP contribution >= 0.6 is 0 Å². The van der Waals surface area contributed by atoms with Gasteiger partial charge in [0.15, 0.2) is 0 Å². The third-order valence-corrected chi connectivity index (χ3v) is 2.25. The maximum atomic E-state index is 11.5. The molecule has 0 aromatic heterocycles. The number of terminal acetylenes is 1. The van der Waals surface area contributed by atoms with Crippen molar-refractivity contribution in [2.24, 2.45) is 0 Å². The topological polar surface area (TPSA) is 46.2 Å². The number of ketones is 1. The van der Waals surface area contributed by atoms with Gasteiger partial charge in [-0.2, -0.15) is 0 Å². The van der Waals surface area contributed by atoms with Gasteiger partial charge < -0.3 is 10.1 Å². The van der Waals surface area contributed by atoms with Crippen molar-refractivity contribution in [2.45, 2.75) is 26.2 Å². The number of anilines is 1. The first-order chi connectivity index (χ1) is 8.11. The number of Topliss-reactive ketones (excluding diaryl/α,β-unsaturated/α-hetero) is 1. The Morgan fingerprint density at radius 3 is 2.76 bits per heavy atom. The second-order valence-corrected chi connectivity index (χ2v) is 3.83. The van der Waals surface area contributed by atoms with Gasteiger partial charge in [0.1, 0.15) is 5.78 Å². The third kappa shape index (κ3) is 4.98. The molecule has 1 N–H and O–H groups in total. The predicted molar refractivity (Wildman–Crippen MR) is 67.5 cm³/mol. The molecular weight excluding hydrogens is 214 g/mol. The standard InChI is InChI=1S/C14H15NO2/c1-3-12-7-5-8-13(10-12)15-14(17)9-4-6-11(2)16/h1,5,7-8,10H,4,6,9H2,2H3,(H,15,17). The average Bonchev–Trinajstić information content (AvgIpc) is 2.28. The molecule has 3 nitrogen and oxygen atoms in total. The fraction of sp³-hybridized carbons (Fsp3) is 0.286. The van der Waals surface area contributed by atoms with Crippen LogP contribution in [0.15, 0.2) is 24.3 Å². The van der Waals surface area contributed by atoms with Crippen molar-refractivity contribution in [1.82, 2.24) is 0 Å². The Bertz CT molecular complexity index is 458. The first-order valence-electron chi connectivity index (χ1n) is 5.48. The maximum absolute atomic E-state index is 11.5. The Morgan fingerprint density at radius 2 is 2.12 bits per heavy atom. The van der Waals surface area contributed by atoms with Gasteiger partial charge in [-0.3, -0.25) is 4.79 Å². The quantitative estimate of drug-likeness (QED) is 0.788. The van der Waals surface area contributed by atoms with Gasteiger partial charge in [0.25, 0.3) is 0 Å². The number of nitrogens with one attached hydrogen (secondary N) is 1. The number of rotatable bonds is 5. The van der Waals surface area contributed by atoms with Gasteiger partial charge in [0.05, 0.1) is 0 Å². The largest absolute Gasteiger partial charge is 0.326 e. The minimum absolute atomic E-state index is 0.0968. The third-order valence-electron chi connectivity index (χ3n) is 2.25. The van der Waals surface area contributed by atoms with Crippen LogP contribution in [0.3, 0.4) is 0 Å². The minimum Gasteiger partial charge on any atom is -0.326 e. The molecule has 0 aliphatic rings. The zero-order valence-electron chi connectivity index (χ0n) is 9.82. The Labute approximate surface area is 101 Å². The maximum Gasteiger partial charge on any atom is 0.224 e. The first kappa shape index (κ1) is 13.0. The molecule has 0 saturated heterocycles. The summed E-state index contributed by atoms with van der Waals surface area (Å²) in [5, 5.41) is 2.74. The Balaban J connectivity index is 2.45. The molecule has 0 fully saturated rings. The molecule has 88 valence electrons. The Morgan fingerprint density at radius 1 is 1.35 bits per heavy atom. The summed E-state index contributed by atoms with van der Waals surface area (Å²) >= 11 is 0. The van der Waals surface area contributed by atoms with E-state index in [0.29, 0.717) is 24.9 Å². The lowest BCUT2D eigenvalue weighted by Crippen LogP contribution is -2.11. The number of amides is 1. The molecule has 17 heavy (non-hydrogen) atoms. The van der Waals surface area contributed by atoms with E-state index < -0.39 is 0 Å². The van der Waals surface area contributed by atoms with E-state index in [9.17, 15) is 9.59 Å². The van der Waals surface area contributed by atoms with Crippen molar-refractivity contribution < 1.29 is 9.59 Å². The van der Waals surface area contributed by atoms with Crippen molar-refractivity contribution in [1.29, 1.82) is 0 Å². The molecule has 0 radical (unpaired) electrons. The molecule has 0 bridgehead atoms. The molecule has 0 unspecified atom stereocenters. The summed E-state index contributed by atoms with van der Waals surface area (Å²) in [5.74, 6) is 2.51. The van der Waals surface area contributed by atoms with E-state index in [1.54, 1.807) is 24.3 Å². The molecule has 3 heteroatoms. The van der Waals surface area contributed by atoms with Crippen LogP contribution in [0.5, 0.6) is 0 Å². The molecule has 0 saturated carbocycles. The lowest BCUT2D eigenvalue weighted by molar-refractivity contribution is -0.117. The summed E-state index contributed by atoms with van der Waals surface area (Å²) in [5.41, 5.74) is 1.42. The summed E-state index contributed by atoms with van der Waals surface area (Å²) in [6, 6.07) is 7.11.